The maximum Gasteiger partial charge on any atom is 0.0522 e. The number of nitrogens with zero attached hydrogens (tertiary/aromatic N) is 2. The van der Waals surface area contributed by atoms with Crippen LogP contribution in [0.15, 0.2) is 12.4 Å². The summed E-state index contributed by atoms with van der Waals surface area (Å²) in [5.41, 5.74) is 7.46. The molecule has 1 saturated carbocycles. The summed E-state index contributed by atoms with van der Waals surface area (Å²) < 4.78 is 1.83. The van der Waals surface area contributed by atoms with Gasteiger partial charge in [-0.25, -0.2) is 0 Å². The summed E-state index contributed by atoms with van der Waals surface area (Å²) in [4.78, 5) is 0. The Bertz CT molecular complexity index is 273. The minimum atomic E-state index is 0.0863. The zero-order valence-corrected chi connectivity index (χ0v) is 7.45. The van der Waals surface area contributed by atoms with Crippen LogP contribution in [-0.4, -0.2) is 15.3 Å². The molecule has 1 aliphatic carbocycles. The molecule has 0 amide bonds. The summed E-state index contributed by atoms with van der Waals surface area (Å²) in [5.74, 6) is 0. The number of hydrogen-bond donors (Lipinski definition) is 1. The van der Waals surface area contributed by atoms with Crippen LogP contribution < -0.4 is 5.73 Å². The zero-order valence-electron chi connectivity index (χ0n) is 7.45. The van der Waals surface area contributed by atoms with Gasteiger partial charge in [-0.3, -0.25) is 4.68 Å². The molecule has 0 radical (unpaired) electrons. The Kier molecular flexibility index (Phi) is 1.68. The summed E-state index contributed by atoms with van der Waals surface area (Å²) in [5, 5.41) is 4.12. The van der Waals surface area contributed by atoms with E-state index in [4.69, 9.17) is 5.73 Å². The average molecular weight is 165 g/mol. The first-order chi connectivity index (χ1) is 5.68. The zero-order chi connectivity index (χ0) is 8.60. The molecule has 1 fully saturated rings. The first-order valence-corrected chi connectivity index (χ1v) is 4.44. The van der Waals surface area contributed by atoms with Gasteiger partial charge in [0.1, 0.15) is 0 Å². The van der Waals surface area contributed by atoms with Crippen LogP contribution >= 0.6 is 0 Å². The Morgan fingerprint density at radius 2 is 2.42 bits per heavy atom. The highest BCUT2D eigenvalue weighted by Gasteiger charge is 2.32. The van der Waals surface area contributed by atoms with Gasteiger partial charge in [0.25, 0.3) is 0 Å². The van der Waals surface area contributed by atoms with Gasteiger partial charge in [0, 0.05) is 18.8 Å². The number of hydrogen-bond acceptors (Lipinski definition) is 2. The first kappa shape index (κ1) is 7.80. The van der Waals surface area contributed by atoms with Gasteiger partial charge >= 0.3 is 0 Å². The molecule has 0 aliphatic heterocycles. The average Bonchev–Trinajstić information content (AvgIpc) is 2.32. The smallest absolute Gasteiger partial charge is 0.0522 e. The molecular weight excluding hydrogens is 150 g/mol. The predicted molar refractivity (Wildman–Crippen MR) is 47.7 cm³/mol. The molecule has 0 bridgehead atoms. The Hall–Kier alpha value is -0.830. The van der Waals surface area contributed by atoms with Crippen molar-refractivity contribution in [3.8, 4) is 0 Å². The SMILES string of the molecule is Cn1cc(CC2(N)CCC2)cn1. The van der Waals surface area contributed by atoms with Gasteiger partial charge in [0.15, 0.2) is 0 Å². The van der Waals surface area contributed by atoms with Gasteiger partial charge in [-0.1, -0.05) is 0 Å². The maximum absolute atomic E-state index is 6.11. The van der Waals surface area contributed by atoms with Crippen molar-refractivity contribution >= 4 is 0 Å². The van der Waals surface area contributed by atoms with E-state index in [0.29, 0.717) is 0 Å². The molecule has 1 heterocycles. The van der Waals surface area contributed by atoms with Crippen molar-refractivity contribution in [3.63, 3.8) is 0 Å². The van der Waals surface area contributed by atoms with Gasteiger partial charge in [0.05, 0.1) is 6.20 Å². The molecule has 1 aliphatic rings. The van der Waals surface area contributed by atoms with E-state index in [1.165, 1.54) is 24.8 Å². The van der Waals surface area contributed by atoms with Crippen molar-refractivity contribution in [1.29, 1.82) is 0 Å². The molecule has 12 heavy (non-hydrogen) atoms. The Morgan fingerprint density at radius 3 is 2.83 bits per heavy atom. The molecule has 0 saturated heterocycles. The van der Waals surface area contributed by atoms with E-state index in [9.17, 15) is 0 Å². The molecule has 3 nitrogen and oxygen atoms in total. The van der Waals surface area contributed by atoms with Crippen LogP contribution in [0.2, 0.25) is 0 Å². The minimum Gasteiger partial charge on any atom is -0.325 e. The van der Waals surface area contributed by atoms with Gasteiger partial charge in [-0.2, -0.15) is 5.10 Å². The van der Waals surface area contributed by atoms with Crippen LogP contribution in [0, 0.1) is 0 Å². The van der Waals surface area contributed by atoms with E-state index >= 15 is 0 Å². The fraction of sp³-hybridized carbons (Fsp3) is 0.667. The lowest BCUT2D eigenvalue weighted by molar-refractivity contribution is 0.247. The van der Waals surface area contributed by atoms with Crippen LogP contribution in [0.4, 0.5) is 0 Å². The normalized spacial score (nSPS) is 20.5. The van der Waals surface area contributed by atoms with Crippen LogP contribution in [0.5, 0.6) is 0 Å². The minimum absolute atomic E-state index is 0.0863. The van der Waals surface area contributed by atoms with Crippen LogP contribution in [0.1, 0.15) is 24.8 Å². The molecule has 0 aromatic carbocycles. The third-order valence-electron chi connectivity index (χ3n) is 2.66. The molecule has 0 unspecified atom stereocenters. The van der Waals surface area contributed by atoms with Crippen LogP contribution in [0.3, 0.4) is 0 Å². The molecule has 1 aromatic rings. The van der Waals surface area contributed by atoms with Crippen molar-refractivity contribution in [3.05, 3.63) is 18.0 Å². The third kappa shape index (κ3) is 1.37. The summed E-state index contributed by atoms with van der Waals surface area (Å²) in [6.45, 7) is 0. The molecule has 2 rings (SSSR count). The second-order valence-corrected chi connectivity index (χ2v) is 3.91. The Labute approximate surface area is 72.6 Å². The van der Waals surface area contributed by atoms with Crippen molar-refractivity contribution in [1.82, 2.24) is 9.78 Å². The summed E-state index contributed by atoms with van der Waals surface area (Å²) in [6, 6.07) is 0. The second kappa shape index (κ2) is 2.59. The standard InChI is InChI=1S/C9H15N3/c1-12-7-8(6-11-12)5-9(10)3-2-4-9/h6-7H,2-5,10H2,1H3. The van der Waals surface area contributed by atoms with Crippen LogP contribution in [-0.2, 0) is 13.5 Å². The summed E-state index contributed by atoms with van der Waals surface area (Å²) >= 11 is 0. The van der Waals surface area contributed by atoms with E-state index in [1.807, 2.05) is 24.1 Å². The monoisotopic (exact) mass is 165 g/mol. The number of rotatable bonds is 2. The van der Waals surface area contributed by atoms with E-state index < -0.39 is 0 Å². The van der Waals surface area contributed by atoms with Crippen LogP contribution in [0.25, 0.3) is 0 Å². The second-order valence-electron chi connectivity index (χ2n) is 3.91. The lowest BCUT2D eigenvalue weighted by Gasteiger charge is -2.37. The van der Waals surface area contributed by atoms with Crippen molar-refractivity contribution < 1.29 is 0 Å². The third-order valence-corrected chi connectivity index (χ3v) is 2.66. The fourth-order valence-corrected chi connectivity index (χ4v) is 1.78. The van der Waals surface area contributed by atoms with Gasteiger partial charge in [-0.05, 0) is 31.2 Å². The maximum atomic E-state index is 6.11. The van der Waals surface area contributed by atoms with Crippen molar-refractivity contribution in [2.75, 3.05) is 0 Å². The van der Waals surface area contributed by atoms with Gasteiger partial charge in [0.2, 0.25) is 0 Å². The Morgan fingerprint density at radius 1 is 1.67 bits per heavy atom. The number of aromatic nitrogens is 2. The highest BCUT2D eigenvalue weighted by atomic mass is 15.2. The van der Waals surface area contributed by atoms with Crippen molar-refractivity contribution in [2.45, 2.75) is 31.2 Å². The molecule has 3 heteroatoms. The van der Waals surface area contributed by atoms with Gasteiger partial charge in [-0.15, -0.1) is 0 Å². The molecule has 1 aromatic heterocycles. The van der Waals surface area contributed by atoms with E-state index in [1.54, 1.807) is 0 Å². The first-order valence-electron chi connectivity index (χ1n) is 4.44. The molecule has 2 N–H and O–H groups in total. The van der Waals surface area contributed by atoms with E-state index in [2.05, 4.69) is 5.10 Å². The lowest BCUT2D eigenvalue weighted by atomic mass is 9.74. The predicted octanol–water partition coefficient (Wildman–Crippen LogP) is 0.844. The highest BCUT2D eigenvalue weighted by Crippen LogP contribution is 2.31. The quantitative estimate of drug-likeness (QED) is 0.706. The molecule has 0 spiro atoms. The van der Waals surface area contributed by atoms with E-state index in [0.717, 1.165) is 6.42 Å². The number of nitrogens with two attached hydrogens (primary N) is 1. The lowest BCUT2D eigenvalue weighted by Crippen LogP contribution is -2.48. The highest BCUT2D eigenvalue weighted by molar-refractivity contribution is 5.11. The largest absolute Gasteiger partial charge is 0.325 e. The Balaban J connectivity index is 2.03. The van der Waals surface area contributed by atoms with E-state index in [-0.39, 0.29) is 5.54 Å². The molecule has 0 atom stereocenters. The van der Waals surface area contributed by atoms with Gasteiger partial charge < -0.3 is 5.73 Å². The molecular formula is C9H15N3. The fourth-order valence-electron chi connectivity index (χ4n) is 1.78. The summed E-state index contributed by atoms with van der Waals surface area (Å²) in [7, 11) is 1.94. The topological polar surface area (TPSA) is 43.8 Å². The van der Waals surface area contributed by atoms with Crippen molar-refractivity contribution in [2.24, 2.45) is 12.8 Å². The summed E-state index contributed by atoms with van der Waals surface area (Å²) in [6.07, 6.45) is 8.57. The number of aryl methyl sites for hydroxylation is 1. The molecule has 66 valence electrons.